The van der Waals surface area contributed by atoms with Crippen LogP contribution < -0.4 is 11.1 Å². The van der Waals surface area contributed by atoms with Crippen molar-refractivity contribution in [3.63, 3.8) is 0 Å². The van der Waals surface area contributed by atoms with Gasteiger partial charge >= 0.3 is 11.7 Å². The summed E-state index contributed by atoms with van der Waals surface area (Å²) in [5.41, 5.74) is 5.68. The molecule has 0 saturated carbocycles. The minimum atomic E-state index is -0.914. The van der Waals surface area contributed by atoms with Gasteiger partial charge in [0.1, 0.15) is 22.9 Å². The number of nitro groups is 1. The van der Waals surface area contributed by atoms with Crippen molar-refractivity contribution in [1.82, 2.24) is 9.78 Å². The molecular formula is C16H19N5O6S. The van der Waals surface area contributed by atoms with Gasteiger partial charge in [0.25, 0.3) is 5.91 Å². The first-order chi connectivity index (χ1) is 13.1. The van der Waals surface area contributed by atoms with Gasteiger partial charge in [-0.1, -0.05) is 0 Å². The molecule has 11 nitrogen and oxygen atoms in total. The number of primary amides is 1. The van der Waals surface area contributed by atoms with Crippen LogP contribution in [0.2, 0.25) is 0 Å². The van der Waals surface area contributed by atoms with Crippen molar-refractivity contribution in [1.29, 1.82) is 0 Å². The summed E-state index contributed by atoms with van der Waals surface area (Å²) in [6.45, 7) is 6.24. The average Bonchev–Trinajstić information content (AvgIpc) is 3.14. The molecular weight excluding hydrogens is 390 g/mol. The van der Waals surface area contributed by atoms with Crippen LogP contribution in [0.3, 0.4) is 0 Å². The molecule has 0 radical (unpaired) electrons. The second-order valence-electron chi connectivity index (χ2n) is 5.83. The van der Waals surface area contributed by atoms with Gasteiger partial charge in [-0.25, -0.2) is 4.79 Å². The van der Waals surface area contributed by atoms with E-state index in [0.29, 0.717) is 5.56 Å². The van der Waals surface area contributed by atoms with Crippen molar-refractivity contribution in [2.75, 3.05) is 11.9 Å². The van der Waals surface area contributed by atoms with Crippen LogP contribution in [0.4, 0.5) is 10.7 Å². The first-order valence-electron chi connectivity index (χ1n) is 8.19. The number of nitrogens with zero attached hydrogens (tertiary/aromatic N) is 3. The van der Waals surface area contributed by atoms with Crippen LogP contribution >= 0.6 is 11.3 Å². The van der Waals surface area contributed by atoms with E-state index in [2.05, 4.69) is 10.4 Å². The smallest absolute Gasteiger partial charge is 0.341 e. The number of carbonyl (C=O) groups is 3. The normalized spacial score (nSPS) is 11.7. The van der Waals surface area contributed by atoms with Gasteiger partial charge in [-0.3, -0.25) is 24.4 Å². The summed E-state index contributed by atoms with van der Waals surface area (Å²) in [7, 11) is 0. The second-order valence-corrected chi connectivity index (χ2v) is 6.85. The molecule has 0 aromatic carbocycles. The number of anilines is 1. The van der Waals surface area contributed by atoms with E-state index >= 15 is 0 Å². The van der Waals surface area contributed by atoms with Gasteiger partial charge in [0, 0.05) is 0 Å². The van der Waals surface area contributed by atoms with Crippen molar-refractivity contribution in [2.45, 2.75) is 33.7 Å². The zero-order valence-electron chi connectivity index (χ0n) is 15.6. The molecule has 2 rings (SSSR count). The van der Waals surface area contributed by atoms with Gasteiger partial charge in [0.05, 0.1) is 22.0 Å². The van der Waals surface area contributed by atoms with E-state index in [-0.39, 0.29) is 33.4 Å². The summed E-state index contributed by atoms with van der Waals surface area (Å²) < 4.78 is 6.19. The third-order valence-corrected chi connectivity index (χ3v) is 5.27. The number of nitrogens with one attached hydrogen (secondary N) is 1. The summed E-state index contributed by atoms with van der Waals surface area (Å²) in [6, 6.07) is -0.914. The number of amides is 2. The lowest BCUT2D eigenvalue weighted by Crippen LogP contribution is -2.25. The largest absolute Gasteiger partial charge is 0.462 e. The zero-order valence-corrected chi connectivity index (χ0v) is 16.5. The molecule has 12 heteroatoms. The first-order valence-corrected chi connectivity index (χ1v) is 9.01. The number of ether oxygens (including phenoxy) is 1. The highest BCUT2D eigenvalue weighted by atomic mass is 32.1. The lowest BCUT2D eigenvalue weighted by Gasteiger charge is -2.14. The Balaban J connectivity index is 2.37. The molecule has 0 bridgehead atoms. The second kappa shape index (κ2) is 8.17. The zero-order chi connectivity index (χ0) is 21.2. The van der Waals surface area contributed by atoms with Crippen molar-refractivity contribution in [3.8, 4) is 0 Å². The summed E-state index contributed by atoms with van der Waals surface area (Å²) in [6.07, 6.45) is 1.06. The van der Waals surface area contributed by atoms with Crippen LogP contribution in [0.1, 0.15) is 51.2 Å². The number of esters is 1. The maximum atomic E-state index is 12.7. The van der Waals surface area contributed by atoms with E-state index in [1.165, 1.54) is 25.5 Å². The average molecular weight is 409 g/mol. The van der Waals surface area contributed by atoms with Gasteiger partial charge in [0.15, 0.2) is 0 Å². The van der Waals surface area contributed by atoms with E-state index < -0.39 is 28.7 Å². The third-order valence-electron chi connectivity index (χ3n) is 4.05. The molecule has 1 atom stereocenters. The number of hydrogen-bond acceptors (Lipinski definition) is 8. The Kier molecular flexibility index (Phi) is 6.13. The molecule has 2 aromatic heterocycles. The maximum absolute atomic E-state index is 12.7. The van der Waals surface area contributed by atoms with E-state index in [1.807, 2.05) is 0 Å². The van der Waals surface area contributed by atoms with Crippen LogP contribution in [0.5, 0.6) is 0 Å². The SMILES string of the molecule is CCOC(=O)c1c(NC(=O)C(C)n2ncc([N+](=O)[O-])c2C)sc(C(N)=O)c1C. The summed E-state index contributed by atoms with van der Waals surface area (Å²) in [4.78, 5) is 47.0. The highest BCUT2D eigenvalue weighted by Gasteiger charge is 2.28. The Morgan fingerprint density at radius 1 is 1.43 bits per heavy atom. The topological polar surface area (TPSA) is 159 Å². The van der Waals surface area contributed by atoms with E-state index in [9.17, 15) is 24.5 Å². The summed E-state index contributed by atoms with van der Waals surface area (Å²) in [5.74, 6) is -2.01. The van der Waals surface area contributed by atoms with Gasteiger partial charge in [-0.15, -0.1) is 11.3 Å². The van der Waals surface area contributed by atoms with Gasteiger partial charge < -0.3 is 15.8 Å². The van der Waals surface area contributed by atoms with Crippen LogP contribution in [0, 0.1) is 24.0 Å². The Bertz CT molecular complexity index is 963. The number of thiophene rings is 1. The molecule has 28 heavy (non-hydrogen) atoms. The highest BCUT2D eigenvalue weighted by molar-refractivity contribution is 7.18. The quantitative estimate of drug-likeness (QED) is 0.401. The van der Waals surface area contributed by atoms with Gasteiger partial charge in [-0.2, -0.15) is 5.10 Å². The van der Waals surface area contributed by atoms with Crippen molar-refractivity contribution in [2.24, 2.45) is 5.73 Å². The van der Waals surface area contributed by atoms with Crippen LogP contribution in [-0.4, -0.2) is 39.1 Å². The fourth-order valence-corrected chi connectivity index (χ4v) is 3.65. The standard InChI is InChI=1S/C16H19N5O6S/c1-5-27-16(24)11-7(2)12(13(17)22)28-15(11)19-14(23)9(4)20-8(3)10(6-18-20)21(25)26/h6,9H,5H2,1-4H3,(H2,17,22)(H,19,23). The number of rotatable bonds is 7. The molecule has 1 unspecified atom stereocenters. The predicted octanol–water partition coefficient (Wildman–Crippen LogP) is 1.94. The van der Waals surface area contributed by atoms with E-state index in [0.717, 1.165) is 17.5 Å². The molecule has 2 amide bonds. The number of hydrogen-bond donors (Lipinski definition) is 2. The Morgan fingerprint density at radius 2 is 2.07 bits per heavy atom. The molecule has 3 N–H and O–H groups in total. The fourth-order valence-electron chi connectivity index (χ4n) is 2.60. The first kappa shape index (κ1) is 21.0. The minimum Gasteiger partial charge on any atom is -0.462 e. The van der Waals surface area contributed by atoms with Crippen molar-refractivity contribution < 1.29 is 24.0 Å². The fraction of sp³-hybridized carbons (Fsp3) is 0.375. The van der Waals surface area contributed by atoms with Crippen LogP contribution in [0.15, 0.2) is 6.20 Å². The summed E-state index contributed by atoms with van der Waals surface area (Å²) >= 11 is 0.858. The van der Waals surface area contributed by atoms with E-state index in [4.69, 9.17) is 10.5 Å². The lowest BCUT2D eigenvalue weighted by molar-refractivity contribution is -0.385. The Morgan fingerprint density at radius 3 is 2.57 bits per heavy atom. The molecule has 0 fully saturated rings. The molecule has 2 heterocycles. The number of nitrogens with two attached hydrogens (primary N) is 1. The van der Waals surface area contributed by atoms with Gasteiger partial charge in [-0.05, 0) is 33.3 Å². The highest BCUT2D eigenvalue weighted by Crippen LogP contribution is 2.34. The maximum Gasteiger partial charge on any atom is 0.341 e. The summed E-state index contributed by atoms with van der Waals surface area (Å²) in [5, 5.41) is 17.5. The minimum absolute atomic E-state index is 0.0457. The van der Waals surface area contributed by atoms with Crippen molar-refractivity contribution >= 4 is 39.8 Å². The van der Waals surface area contributed by atoms with E-state index in [1.54, 1.807) is 6.92 Å². The molecule has 0 aliphatic heterocycles. The lowest BCUT2D eigenvalue weighted by atomic mass is 10.1. The molecule has 0 aliphatic carbocycles. The molecule has 0 spiro atoms. The van der Waals surface area contributed by atoms with Gasteiger partial charge in [0.2, 0.25) is 5.91 Å². The van der Waals surface area contributed by atoms with Crippen LogP contribution in [-0.2, 0) is 9.53 Å². The van der Waals surface area contributed by atoms with Crippen molar-refractivity contribution in [3.05, 3.63) is 38.0 Å². The molecule has 0 saturated heterocycles. The molecule has 150 valence electrons. The number of aromatic nitrogens is 2. The Hall–Kier alpha value is -3.28. The molecule has 2 aromatic rings. The molecule has 0 aliphatic rings. The monoisotopic (exact) mass is 409 g/mol. The number of carbonyl (C=O) groups excluding carboxylic acids is 3. The Labute approximate surface area is 163 Å². The van der Waals surface area contributed by atoms with Crippen LogP contribution in [0.25, 0.3) is 0 Å². The predicted molar refractivity (Wildman–Crippen MR) is 100 cm³/mol. The third kappa shape index (κ3) is 3.86.